The average molecular weight is 668 g/mol. The molecule has 0 radical (unpaired) electrons. The van der Waals surface area contributed by atoms with E-state index in [4.69, 9.17) is 0 Å². The van der Waals surface area contributed by atoms with Gasteiger partial charge in [0.15, 0.2) is 0 Å². The first-order valence-electron chi connectivity index (χ1n) is 19.2. The smallest absolute Gasteiger partial charge is 0.267 e. The van der Waals surface area contributed by atoms with Gasteiger partial charge in [0.05, 0.1) is 17.9 Å². The largest absolute Gasteiger partial charge is 0.387 e. The number of amides is 1. The molecule has 7 heteroatoms. The van der Waals surface area contributed by atoms with Crippen LogP contribution in [-0.4, -0.2) is 41.9 Å². The molecule has 0 rings (SSSR count). The van der Waals surface area contributed by atoms with E-state index in [9.17, 15) is 22.9 Å². The summed E-state index contributed by atoms with van der Waals surface area (Å²) in [5.74, 6) is -1.00. The Morgan fingerprint density at radius 2 is 0.935 bits per heavy atom. The van der Waals surface area contributed by atoms with Crippen molar-refractivity contribution in [1.82, 2.24) is 5.32 Å². The first-order chi connectivity index (χ1) is 22.3. The van der Waals surface area contributed by atoms with Crippen LogP contribution >= 0.6 is 0 Å². The normalized spacial score (nSPS) is 13.7. The van der Waals surface area contributed by atoms with Crippen LogP contribution in [-0.2, 0) is 14.9 Å². The zero-order valence-electron chi connectivity index (χ0n) is 29.9. The van der Waals surface area contributed by atoms with Crippen molar-refractivity contribution in [3.05, 3.63) is 36.5 Å². The first-order valence-corrected chi connectivity index (χ1v) is 20.8. The van der Waals surface area contributed by atoms with Gasteiger partial charge < -0.3 is 10.4 Å². The van der Waals surface area contributed by atoms with E-state index in [-0.39, 0.29) is 12.3 Å². The van der Waals surface area contributed by atoms with Gasteiger partial charge in [0, 0.05) is 6.42 Å². The molecule has 0 aromatic rings. The Hall–Kier alpha value is -1.44. The van der Waals surface area contributed by atoms with Gasteiger partial charge in [0.2, 0.25) is 5.91 Å². The fourth-order valence-corrected chi connectivity index (χ4v) is 6.39. The van der Waals surface area contributed by atoms with Crippen molar-refractivity contribution in [3.63, 3.8) is 0 Å². The number of aliphatic hydroxyl groups excluding tert-OH is 1. The second kappa shape index (κ2) is 33.5. The summed E-state index contributed by atoms with van der Waals surface area (Å²) in [5.41, 5.74) is 0. The Labute approximate surface area is 285 Å². The van der Waals surface area contributed by atoms with Crippen molar-refractivity contribution in [3.8, 4) is 0 Å². The Bertz CT molecular complexity index is 868. The van der Waals surface area contributed by atoms with E-state index in [1.54, 1.807) is 6.08 Å². The first kappa shape index (κ1) is 44.6. The summed E-state index contributed by atoms with van der Waals surface area (Å²) in [4.78, 5) is 12.5. The SMILES string of the molecule is CCCCCC/C=C/CC/C=C/CC/C=C/C(O)C(CS(=O)(=O)O)NC(=O)CCCCCCCCCCCCCCCCCCC. The molecule has 0 saturated carbocycles. The van der Waals surface area contributed by atoms with Crippen molar-refractivity contribution >= 4 is 16.0 Å². The van der Waals surface area contributed by atoms with E-state index in [0.717, 1.165) is 44.9 Å². The molecule has 1 amide bonds. The molecular weight excluding hydrogens is 594 g/mol. The number of rotatable bonds is 34. The van der Waals surface area contributed by atoms with Crippen LogP contribution in [0.4, 0.5) is 0 Å². The summed E-state index contributed by atoms with van der Waals surface area (Å²) in [6.45, 7) is 4.49. The highest BCUT2D eigenvalue weighted by Crippen LogP contribution is 2.14. The van der Waals surface area contributed by atoms with Gasteiger partial charge in [0.1, 0.15) is 0 Å². The van der Waals surface area contributed by atoms with Crippen LogP contribution in [0.5, 0.6) is 0 Å². The molecule has 0 aromatic heterocycles. The van der Waals surface area contributed by atoms with Crippen molar-refractivity contribution in [2.24, 2.45) is 0 Å². The number of hydrogen-bond acceptors (Lipinski definition) is 4. The maximum atomic E-state index is 12.5. The topological polar surface area (TPSA) is 104 Å². The van der Waals surface area contributed by atoms with Gasteiger partial charge in [-0.25, -0.2) is 0 Å². The molecular formula is C39H73NO5S. The number of carbonyl (C=O) groups excluding carboxylic acids is 1. The number of nitrogens with one attached hydrogen (secondary N) is 1. The molecule has 0 aliphatic heterocycles. The van der Waals surface area contributed by atoms with Crippen LogP contribution in [0.2, 0.25) is 0 Å². The third-order valence-electron chi connectivity index (χ3n) is 8.55. The quantitative estimate of drug-likeness (QED) is 0.0360. The van der Waals surface area contributed by atoms with Gasteiger partial charge in [-0.1, -0.05) is 172 Å². The van der Waals surface area contributed by atoms with Crippen molar-refractivity contribution in [2.45, 2.75) is 199 Å². The molecule has 46 heavy (non-hydrogen) atoms. The summed E-state index contributed by atoms with van der Waals surface area (Å²) >= 11 is 0. The van der Waals surface area contributed by atoms with Gasteiger partial charge in [-0.2, -0.15) is 8.42 Å². The zero-order chi connectivity index (χ0) is 34.0. The van der Waals surface area contributed by atoms with Gasteiger partial charge >= 0.3 is 0 Å². The summed E-state index contributed by atoms with van der Waals surface area (Å²) in [5, 5.41) is 13.2. The van der Waals surface area contributed by atoms with Crippen LogP contribution in [0.1, 0.15) is 187 Å². The second-order valence-electron chi connectivity index (χ2n) is 13.2. The van der Waals surface area contributed by atoms with E-state index in [1.165, 1.54) is 122 Å². The fourth-order valence-electron chi connectivity index (χ4n) is 5.66. The predicted octanol–water partition coefficient (Wildman–Crippen LogP) is 11.0. The number of aliphatic hydroxyl groups is 1. The highest BCUT2D eigenvalue weighted by atomic mass is 32.2. The molecule has 2 unspecified atom stereocenters. The number of unbranched alkanes of at least 4 members (excludes halogenated alkanes) is 22. The fraction of sp³-hybridized carbons (Fsp3) is 0.821. The van der Waals surface area contributed by atoms with E-state index < -0.39 is 28.0 Å². The molecule has 0 bridgehead atoms. The minimum absolute atomic E-state index is 0.288. The third-order valence-corrected chi connectivity index (χ3v) is 9.33. The summed E-state index contributed by atoms with van der Waals surface area (Å²) in [6, 6.07) is -1.08. The Kier molecular flexibility index (Phi) is 32.4. The van der Waals surface area contributed by atoms with E-state index in [0.29, 0.717) is 6.42 Å². The van der Waals surface area contributed by atoms with E-state index in [1.807, 2.05) is 0 Å². The Morgan fingerprint density at radius 3 is 1.37 bits per heavy atom. The molecule has 270 valence electrons. The van der Waals surface area contributed by atoms with E-state index >= 15 is 0 Å². The van der Waals surface area contributed by atoms with Crippen LogP contribution in [0, 0.1) is 0 Å². The van der Waals surface area contributed by atoms with Crippen molar-refractivity contribution in [2.75, 3.05) is 5.75 Å². The Morgan fingerprint density at radius 1 is 0.565 bits per heavy atom. The number of allylic oxidation sites excluding steroid dienone is 5. The molecule has 0 aliphatic rings. The maximum absolute atomic E-state index is 12.5. The summed E-state index contributed by atoms with van der Waals surface area (Å²) in [6.07, 6.45) is 42.7. The molecule has 0 saturated heterocycles. The summed E-state index contributed by atoms with van der Waals surface area (Å²) < 4.78 is 32.4. The lowest BCUT2D eigenvalue weighted by molar-refractivity contribution is -0.122. The molecule has 0 spiro atoms. The predicted molar refractivity (Wildman–Crippen MR) is 198 cm³/mol. The lowest BCUT2D eigenvalue weighted by atomic mass is 10.0. The highest BCUT2D eigenvalue weighted by Gasteiger charge is 2.24. The van der Waals surface area contributed by atoms with Gasteiger partial charge in [-0.15, -0.1) is 0 Å². The second-order valence-corrected chi connectivity index (χ2v) is 14.7. The van der Waals surface area contributed by atoms with Gasteiger partial charge in [-0.3, -0.25) is 9.35 Å². The molecule has 0 aliphatic carbocycles. The van der Waals surface area contributed by atoms with Gasteiger partial charge in [-0.05, 0) is 44.9 Å². The minimum atomic E-state index is -4.35. The third kappa shape index (κ3) is 33.9. The monoisotopic (exact) mass is 668 g/mol. The van der Waals surface area contributed by atoms with Crippen molar-refractivity contribution < 1.29 is 22.9 Å². The summed E-state index contributed by atoms with van der Waals surface area (Å²) in [7, 11) is -4.35. The van der Waals surface area contributed by atoms with Crippen LogP contribution in [0.25, 0.3) is 0 Å². The van der Waals surface area contributed by atoms with Crippen LogP contribution in [0.15, 0.2) is 36.5 Å². The number of carbonyl (C=O) groups is 1. The molecule has 3 N–H and O–H groups in total. The van der Waals surface area contributed by atoms with Crippen LogP contribution < -0.4 is 5.32 Å². The average Bonchev–Trinajstić information content (AvgIpc) is 3.01. The van der Waals surface area contributed by atoms with Crippen molar-refractivity contribution in [1.29, 1.82) is 0 Å². The highest BCUT2D eigenvalue weighted by molar-refractivity contribution is 7.85. The molecule has 0 heterocycles. The van der Waals surface area contributed by atoms with E-state index in [2.05, 4.69) is 43.5 Å². The molecule has 0 aromatic carbocycles. The lowest BCUT2D eigenvalue weighted by Gasteiger charge is -2.21. The molecule has 2 atom stereocenters. The lowest BCUT2D eigenvalue weighted by Crippen LogP contribution is -2.46. The zero-order valence-corrected chi connectivity index (χ0v) is 30.8. The van der Waals surface area contributed by atoms with Crippen LogP contribution in [0.3, 0.4) is 0 Å². The van der Waals surface area contributed by atoms with Gasteiger partial charge in [0.25, 0.3) is 10.1 Å². The minimum Gasteiger partial charge on any atom is -0.387 e. The maximum Gasteiger partial charge on any atom is 0.267 e. The molecule has 0 fully saturated rings. The Balaban J connectivity index is 3.99. The molecule has 6 nitrogen and oxygen atoms in total. The number of hydrogen-bond donors (Lipinski definition) is 3. The standard InChI is InChI=1S/C39H73NO5S/c1-3-5-7-9-11-13-15-17-19-20-21-23-25-27-29-31-33-35-39(42)40-37(36-46(43,44)45)38(41)34-32-30-28-26-24-22-18-16-14-12-10-8-6-4-2/h14,16,24,26,32,34,37-38,41H,3-13,15,17-23,25,27-31,33,35-36H2,1-2H3,(H,40,42)(H,43,44,45)/b16-14+,26-24+,34-32+.